The average Bonchev–Trinajstić information content (AvgIpc) is 3.28. The largest absolute Gasteiger partial charge is 0.359 e. The number of benzene rings is 1. The van der Waals surface area contributed by atoms with Gasteiger partial charge in [-0.2, -0.15) is 0 Å². The molecule has 2 aliphatic carbocycles. The number of rotatable bonds is 4. The highest BCUT2D eigenvalue weighted by atomic mass is 32.1. The molecule has 2 saturated carbocycles. The van der Waals surface area contributed by atoms with Crippen molar-refractivity contribution in [2.24, 2.45) is 0 Å². The van der Waals surface area contributed by atoms with Crippen LogP contribution in [0.2, 0.25) is 0 Å². The Morgan fingerprint density at radius 2 is 2.04 bits per heavy atom. The molecule has 0 radical (unpaired) electrons. The van der Waals surface area contributed by atoms with E-state index in [2.05, 4.69) is 26.3 Å². The molecule has 2 N–H and O–H groups in total. The molecule has 3 heterocycles. The number of anilines is 1. The number of hydrogen-bond donors (Lipinski definition) is 2. The number of aromatic nitrogens is 5. The molecule has 0 spiro atoms. The van der Waals surface area contributed by atoms with Gasteiger partial charge in [-0.05, 0) is 37.8 Å². The van der Waals surface area contributed by atoms with Crippen LogP contribution in [0.3, 0.4) is 0 Å². The van der Waals surface area contributed by atoms with Gasteiger partial charge >= 0.3 is 5.69 Å². The van der Waals surface area contributed by atoms with Crippen LogP contribution >= 0.6 is 11.3 Å². The Bertz CT molecular complexity index is 1180. The van der Waals surface area contributed by atoms with E-state index in [0.29, 0.717) is 29.3 Å². The summed E-state index contributed by atoms with van der Waals surface area (Å²) in [5, 5.41) is 4.53. The molecular weight excluding hydrogens is 360 g/mol. The van der Waals surface area contributed by atoms with Crippen LogP contribution in [0.1, 0.15) is 43.3 Å². The molecule has 2 fully saturated rings. The zero-order valence-corrected chi connectivity index (χ0v) is 15.4. The van der Waals surface area contributed by atoms with Gasteiger partial charge in [0.2, 0.25) is 0 Å². The van der Waals surface area contributed by atoms with E-state index in [1.54, 1.807) is 15.9 Å². The number of para-hydroxylation sites is 1. The molecule has 136 valence electrons. The summed E-state index contributed by atoms with van der Waals surface area (Å²) in [6.07, 6.45) is 5.93. The maximum absolute atomic E-state index is 12.1. The minimum atomic E-state index is -0.0892. The normalized spacial score (nSPS) is 22.2. The van der Waals surface area contributed by atoms with Gasteiger partial charge in [0.25, 0.3) is 0 Å². The molecule has 27 heavy (non-hydrogen) atoms. The van der Waals surface area contributed by atoms with Crippen molar-refractivity contribution >= 4 is 38.0 Å². The number of hydrogen-bond acceptors (Lipinski definition) is 6. The Kier molecular flexibility index (Phi) is 3.19. The summed E-state index contributed by atoms with van der Waals surface area (Å²) in [6.45, 7) is 0. The maximum atomic E-state index is 12.1. The fraction of sp³-hybridized carbons (Fsp3) is 0.368. The first kappa shape index (κ1) is 15.3. The first-order valence-corrected chi connectivity index (χ1v) is 10.2. The molecule has 1 aromatic carbocycles. The van der Waals surface area contributed by atoms with Gasteiger partial charge in [0.15, 0.2) is 16.4 Å². The summed E-state index contributed by atoms with van der Waals surface area (Å²) in [5.74, 6) is 0.381. The SMILES string of the molecule is O=c1[nH]c2ncc(C3CC(Nc4nc5ccccc5s4)C3)nc2n1C1CC1. The molecule has 0 aliphatic heterocycles. The van der Waals surface area contributed by atoms with E-state index in [1.807, 2.05) is 24.4 Å². The second kappa shape index (κ2) is 5.63. The molecule has 0 atom stereocenters. The summed E-state index contributed by atoms with van der Waals surface area (Å²) < 4.78 is 2.99. The third kappa shape index (κ3) is 2.55. The van der Waals surface area contributed by atoms with Crippen molar-refractivity contribution in [3.05, 3.63) is 46.6 Å². The van der Waals surface area contributed by atoms with Crippen molar-refractivity contribution in [1.82, 2.24) is 24.5 Å². The molecule has 4 aromatic rings. The van der Waals surface area contributed by atoms with E-state index in [-0.39, 0.29) is 5.69 Å². The van der Waals surface area contributed by atoms with Crippen molar-refractivity contribution in [2.75, 3.05) is 5.32 Å². The Labute approximate surface area is 158 Å². The summed E-state index contributed by atoms with van der Waals surface area (Å²) in [7, 11) is 0. The van der Waals surface area contributed by atoms with Crippen LogP contribution in [-0.2, 0) is 0 Å². The van der Waals surface area contributed by atoms with Crippen molar-refractivity contribution in [1.29, 1.82) is 0 Å². The van der Waals surface area contributed by atoms with E-state index < -0.39 is 0 Å². The average molecular weight is 378 g/mol. The van der Waals surface area contributed by atoms with E-state index in [1.165, 1.54) is 4.70 Å². The second-order valence-corrected chi connectivity index (χ2v) is 8.53. The zero-order valence-electron chi connectivity index (χ0n) is 14.6. The van der Waals surface area contributed by atoms with Crippen molar-refractivity contribution in [2.45, 2.75) is 43.7 Å². The van der Waals surface area contributed by atoms with Gasteiger partial charge in [-0.3, -0.25) is 9.55 Å². The van der Waals surface area contributed by atoms with E-state index in [0.717, 1.165) is 42.0 Å². The quantitative estimate of drug-likeness (QED) is 0.568. The fourth-order valence-corrected chi connectivity index (χ4v) is 4.80. The van der Waals surface area contributed by atoms with Crippen molar-refractivity contribution < 1.29 is 0 Å². The lowest BCUT2D eigenvalue weighted by Gasteiger charge is -2.35. The molecular formula is C19H18N6OS. The third-order valence-corrected chi connectivity index (χ3v) is 6.50. The summed E-state index contributed by atoms with van der Waals surface area (Å²) in [5.41, 5.74) is 3.25. The Morgan fingerprint density at radius 1 is 1.19 bits per heavy atom. The minimum Gasteiger partial charge on any atom is -0.359 e. The van der Waals surface area contributed by atoms with Crippen LogP contribution < -0.4 is 11.0 Å². The Balaban J connectivity index is 1.20. The first-order chi connectivity index (χ1) is 13.2. The lowest BCUT2D eigenvalue weighted by molar-refractivity contribution is 0.367. The summed E-state index contributed by atoms with van der Waals surface area (Å²) in [4.78, 5) is 28.8. The van der Waals surface area contributed by atoms with Crippen LogP contribution in [0.15, 0.2) is 35.3 Å². The zero-order chi connectivity index (χ0) is 18.0. The highest BCUT2D eigenvalue weighted by Gasteiger charge is 2.33. The summed E-state index contributed by atoms with van der Waals surface area (Å²) >= 11 is 1.70. The molecule has 0 amide bonds. The lowest BCUT2D eigenvalue weighted by Crippen LogP contribution is -2.34. The molecule has 0 bridgehead atoms. The molecule has 8 heteroatoms. The number of fused-ring (bicyclic) bond motifs is 2. The smallest absolute Gasteiger partial charge is 0.329 e. The van der Waals surface area contributed by atoms with E-state index in [9.17, 15) is 4.79 Å². The maximum Gasteiger partial charge on any atom is 0.329 e. The number of imidazole rings is 1. The van der Waals surface area contributed by atoms with Gasteiger partial charge in [0.1, 0.15) is 0 Å². The van der Waals surface area contributed by atoms with Crippen LogP contribution in [0.5, 0.6) is 0 Å². The number of nitrogens with zero attached hydrogens (tertiary/aromatic N) is 4. The van der Waals surface area contributed by atoms with Gasteiger partial charge in [-0.15, -0.1) is 0 Å². The van der Waals surface area contributed by atoms with Crippen LogP contribution in [0, 0.1) is 0 Å². The first-order valence-electron chi connectivity index (χ1n) is 9.34. The number of thiazole rings is 1. The van der Waals surface area contributed by atoms with Crippen molar-refractivity contribution in [3.63, 3.8) is 0 Å². The molecule has 0 saturated heterocycles. The molecule has 3 aromatic heterocycles. The van der Waals surface area contributed by atoms with Gasteiger partial charge < -0.3 is 5.32 Å². The second-order valence-electron chi connectivity index (χ2n) is 7.49. The predicted octanol–water partition coefficient (Wildman–Crippen LogP) is 3.42. The number of aromatic amines is 1. The Hall–Kier alpha value is -2.74. The third-order valence-electron chi connectivity index (χ3n) is 5.53. The number of H-pyrrole nitrogens is 1. The standard InChI is InChI=1S/C19H18N6OS/c26-19-24-16-17(25(19)12-5-6-12)22-14(9-20-16)10-7-11(8-10)21-18-23-13-3-1-2-4-15(13)27-18/h1-4,9-12H,5-8H2,(H,21,23)(H,20,24,26). The van der Waals surface area contributed by atoms with Crippen molar-refractivity contribution in [3.8, 4) is 0 Å². The monoisotopic (exact) mass is 378 g/mol. The fourth-order valence-electron chi connectivity index (χ4n) is 3.86. The van der Waals surface area contributed by atoms with E-state index in [4.69, 9.17) is 4.98 Å². The van der Waals surface area contributed by atoms with E-state index >= 15 is 0 Å². The van der Waals surface area contributed by atoms with Crippen LogP contribution in [-0.4, -0.2) is 30.5 Å². The topological polar surface area (TPSA) is 88.5 Å². The van der Waals surface area contributed by atoms with Crippen LogP contribution in [0.25, 0.3) is 21.5 Å². The molecule has 0 unspecified atom stereocenters. The van der Waals surface area contributed by atoms with Gasteiger partial charge in [0, 0.05) is 18.0 Å². The predicted molar refractivity (Wildman–Crippen MR) is 105 cm³/mol. The lowest BCUT2D eigenvalue weighted by atomic mass is 9.78. The summed E-state index contributed by atoms with van der Waals surface area (Å²) in [6, 6.07) is 8.91. The van der Waals surface area contributed by atoms with Crippen LogP contribution in [0.4, 0.5) is 5.13 Å². The Morgan fingerprint density at radius 3 is 2.85 bits per heavy atom. The van der Waals surface area contributed by atoms with Gasteiger partial charge in [-0.25, -0.2) is 19.7 Å². The number of nitrogens with one attached hydrogen (secondary N) is 2. The molecule has 2 aliphatic rings. The highest BCUT2D eigenvalue weighted by molar-refractivity contribution is 7.22. The van der Waals surface area contributed by atoms with Gasteiger partial charge in [-0.1, -0.05) is 23.5 Å². The molecule has 6 rings (SSSR count). The van der Waals surface area contributed by atoms with Gasteiger partial charge in [0.05, 0.1) is 22.1 Å². The highest BCUT2D eigenvalue weighted by Crippen LogP contribution is 2.40. The minimum absolute atomic E-state index is 0.0892. The molecule has 7 nitrogen and oxygen atoms in total.